The smallest absolute Gasteiger partial charge is 0.475 e. The van der Waals surface area contributed by atoms with Crippen molar-refractivity contribution in [1.29, 1.82) is 0 Å². The lowest BCUT2D eigenvalue weighted by Gasteiger charge is -2.06. The summed E-state index contributed by atoms with van der Waals surface area (Å²) in [7, 11) is 1.81. The van der Waals surface area contributed by atoms with Crippen LogP contribution in [0.4, 0.5) is 23.9 Å². The average molecular weight is 419 g/mol. The number of carbonyl (C=O) groups is 2. The molecule has 3 N–H and O–H groups in total. The predicted molar refractivity (Wildman–Crippen MR) is 98.2 cm³/mol. The van der Waals surface area contributed by atoms with Gasteiger partial charge in [0.25, 0.3) is 0 Å². The first-order valence-electron chi connectivity index (χ1n) is 7.94. The number of aryl methyl sites for hydroxylation is 2. The SMILES string of the molecule is CCc1nc(NC(=O)NCc2cccc(SC)c2)nn1C.O=C(O)C(F)(F)F. The highest BCUT2D eigenvalue weighted by atomic mass is 32.2. The molecule has 0 spiro atoms. The van der Waals surface area contributed by atoms with E-state index in [-0.39, 0.29) is 6.03 Å². The Labute approximate surface area is 163 Å². The van der Waals surface area contributed by atoms with Crippen LogP contribution in [0.25, 0.3) is 0 Å². The van der Waals surface area contributed by atoms with E-state index in [4.69, 9.17) is 9.90 Å². The van der Waals surface area contributed by atoms with Gasteiger partial charge in [-0.15, -0.1) is 16.9 Å². The third-order valence-corrected chi connectivity index (χ3v) is 3.95. The van der Waals surface area contributed by atoms with E-state index in [1.165, 1.54) is 4.90 Å². The summed E-state index contributed by atoms with van der Waals surface area (Å²) in [6.07, 6.45) is -2.29. The number of carbonyl (C=O) groups excluding carboxylic acids is 1. The maximum absolute atomic E-state index is 11.8. The molecule has 0 aliphatic heterocycles. The molecule has 8 nitrogen and oxygen atoms in total. The molecular weight excluding hydrogens is 399 g/mol. The van der Waals surface area contributed by atoms with Gasteiger partial charge in [0.1, 0.15) is 5.82 Å². The first-order valence-corrected chi connectivity index (χ1v) is 9.17. The number of benzene rings is 1. The third kappa shape index (κ3) is 7.86. The number of rotatable bonds is 5. The van der Waals surface area contributed by atoms with Gasteiger partial charge in [-0.05, 0) is 24.0 Å². The number of alkyl halides is 3. The van der Waals surface area contributed by atoms with Crippen molar-refractivity contribution in [3.63, 3.8) is 0 Å². The number of nitrogens with one attached hydrogen (secondary N) is 2. The first-order chi connectivity index (χ1) is 13.1. The molecule has 0 aliphatic carbocycles. The summed E-state index contributed by atoms with van der Waals surface area (Å²) < 4.78 is 33.4. The minimum Gasteiger partial charge on any atom is -0.475 e. The highest BCUT2D eigenvalue weighted by Gasteiger charge is 2.38. The Bertz CT molecular complexity index is 811. The minimum atomic E-state index is -5.08. The van der Waals surface area contributed by atoms with E-state index in [2.05, 4.69) is 26.8 Å². The Morgan fingerprint density at radius 2 is 1.96 bits per heavy atom. The number of carboxylic acids is 1. The van der Waals surface area contributed by atoms with Gasteiger partial charge in [0.15, 0.2) is 0 Å². The van der Waals surface area contributed by atoms with Crippen molar-refractivity contribution in [2.24, 2.45) is 7.05 Å². The fraction of sp³-hybridized carbons (Fsp3) is 0.375. The van der Waals surface area contributed by atoms with Crippen molar-refractivity contribution in [3.05, 3.63) is 35.7 Å². The lowest BCUT2D eigenvalue weighted by atomic mass is 10.2. The molecule has 1 aromatic heterocycles. The molecule has 1 heterocycles. The van der Waals surface area contributed by atoms with Gasteiger partial charge in [-0.2, -0.15) is 18.2 Å². The maximum atomic E-state index is 11.8. The summed E-state index contributed by atoms with van der Waals surface area (Å²) in [4.78, 5) is 26.1. The van der Waals surface area contributed by atoms with Gasteiger partial charge in [-0.25, -0.2) is 9.59 Å². The minimum absolute atomic E-state index is 0.308. The number of nitrogens with zero attached hydrogens (tertiary/aromatic N) is 3. The van der Waals surface area contributed by atoms with Gasteiger partial charge >= 0.3 is 18.2 Å². The summed E-state index contributed by atoms with van der Waals surface area (Å²) in [5.41, 5.74) is 1.06. The van der Waals surface area contributed by atoms with Gasteiger partial charge in [0.2, 0.25) is 5.95 Å². The zero-order chi connectivity index (χ0) is 21.3. The highest BCUT2D eigenvalue weighted by molar-refractivity contribution is 7.98. The standard InChI is InChI=1S/C14H19N5OS.C2HF3O2/c1-4-12-16-13(18-19(12)2)17-14(20)15-9-10-6-5-7-11(8-10)21-3;3-2(4,5)1(6)7/h5-8H,4,9H2,1-3H3,(H2,15,17,18,20);(H,6,7). The molecule has 28 heavy (non-hydrogen) atoms. The molecule has 2 amide bonds. The molecule has 0 unspecified atom stereocenters. The van der Waals surface area contributed by atoms with Crippen molar-refractivity contribution in [2.45, 2.75) is 31.0 Å². The first kappa shape index (κ1) is 23.3. The fourth-order valence-electron chi connectivity index (χ4n) is 1.89. The van der Waals surface area contributed by atoms with Crippen LogP contribution in [0.15, 0.2) is 29.2 Å². The van der Waals surface area contributed by atoms with Crippen LogP contribution in [0.3, 0.4) is 0 Å². The monoisotopic (exact) mass is 419 g/mol. The number of hydrogen-bond acceptors (Lipinski definition) is 5. The van der Waals surface area contributed by atoms with Crippen LogP contribution >= 0.6 is 11.8 Å². The van der Waals surface area contributed by atoms with Crippen molar-refractivity contribution in [1.82, 2.24) is 20.1 Å². The van der Waals surface area contributed by atoms with Gasteiger partial charge in [-0.1, -0.05) is 19.1 Å². The van der Waals surface area contributed by atoms with Crippen molar-refractivity contribution in [3.8, 4) is 0 Å². The number of carboxylic acid groups (broad SMARTS) is 1. The number of urea groups is 1. The van der Waals surface area contributed by atoms with Crippen LogP contribution in [0.5, 0.6) is 0 Å². The molecule has 1 aromatic carbocycles. The Morgan fingerprint density at radius 3 is 2.46 bits per heavy atom. The van der Waals surface area contributed by atoms with Crippen LogP contribution in [0, 0.1) is 0 Å². The maximum Gasteiger partial charge on any atom is 0.490 e. The second kappa shape index (κ2) is 10.5. The van der Waals surface area contributed by atoms with Crippen LogP contribution < -0.4 is 10.6 Å². The zero-order valence-electron chi connectivity index (χ0n) is 15.4. The molecule has 0 aliphatic rings. The second-order valence-corrected chi connectivity index (χ2v) is 6.17. The molecular formula is C16H20F3N5O3S. The van der Waals surface area contributed by atoms with Gasteiger partial charge < -0.3 is 10.4 Å². The molecule has 12 heteroatoms. The Balaban J connectivity index is 0.000000480. The Hall–Kier alpha value is -2.76. The summed E-state index contributed by atoms with van der Waals surface area (Å²) in [6.45, 7) is 2.46. The number of thioether (sulfide) groups is 1. The lowest BCUT2D eigenvalue weighted by molar-refractivity contribution is -0.192. The van der Waals surface area contributed by atoms with Crippen LogP contribution in [0.1, 0.15) is 18.3 Å². The third-order valence-electron chi connectivity index (χ3n) is 3.22. The Kier molecular flexibility index (Phi) is 8.76. The topological polar surface area (TPSA) is 109 Å². The normalized spacial score (nSPS) is 10.6. The number of amides is 2. The molecule has 2 aromatic rings. The van der Waals surface area contributed by atoms with Crippen molar-refractivity contribution < 1.29 is 27.9 Å². The predicted octanol–water partition coefficient (Wildman–Crippen LogP) is 3.05. The molecule has 0 radical (unpaired) electrons. The molecule has 0 bridgehead atoms. The van der Waals surface area contributed by atoms with E-state index in [1.54, 1.807) is 16.4 Å². The van der Waals surface area contributed by atoms with Crippen LogP contribution in [-0.2, 0) is 24.8 Å². The van der Waals surface area contributed by atoms with Gasteiger partial charge in [0.05, 0.1) is 0 Å². The second-order valence-electron chi connectivity index (χ2n) is 5.29. The Morgan fingerprint density at radius 1 is 1.32 bits per heavy atom. The summed E-state index contributed by atoms with van der Waals surface area (Å²) in [6, 6.07) is 7.75. The van der Waals surface area contributed by atoms with E-state index in [0.717, 1.165) is 17.8 Å². The lowest BCUT2D eigenvalue weighted by Crippen LogP contribution is -2.28. The quantitative estimate of drug-likeness (QED) is 0.643. The van der Waals surface area contributed by atoms with Crippen molar-refractivity contribution in [2.75, 3.05) is 11.6 Å². The molecule has 0 saturated carbocycles. The number of aromatic nitrogens is 3. The van der Waals surface area contributed by atoms with Gasteiger partial charge in [-0.3, -0.25) is 10.00 Å². The van der Waals surface area contributed by atoms with E-state index >= 15 is 0 Å². The van der Waals surface area contributed by atoms with E-state index in [1.807, 2.05) is 38.4 Å². The van der Waals surface area contributed by atoms with Crippen molar-refractivity contribution >= 4 is 29.7 Å². The molecule has 0 atom stereocenters. The number of anilines is 1. The van der Waals surface area contributed by atoms with E-state index in [0.29, 0.717) is 12.5 Å². The molecule has 0 saturated heterocycles. The molecule has 2 rings (SSSR count). The molecule has 154 valence electrons. The van der Waals surface area contributed by atoms with E-state index in [9.17, 15) is 18.0 Å². The number of hydrogen-bond donors (Lipinski definition) is 3. The van der Waals surface area contributed by atoms with E-state index < -0.39 is 12.1 Å². The zero-order valence-corrected chi connectivity index (χ0v) is 16.2. The number of halogens is 3. The van der Waals surface area contributed by atoms with Crippen LogP contribution in [-0.4, -0.2) is 44.3 Å². The van der Waals surface area contributed by atoms with Crippen LogP contribution in [0.2, 0.25) is 0 Å². The summed E-state index contributed by atoms with van der Waals surface area (Å²) >= 11 is 1.68. The number of aliphatic carboxylic acids is 1. The summed E-state index contributed by atoms with van der Waals surface area (Å²) in [5, 5.41) is 16.7. The molecule has 0 fully saturated rings. The highest BCUT2D eigenvalue weighted by Crippen LogP contribution is 2.15. The summed E-state index contributed by atoms with van der Waals surface area (Å²) in [5.74, 6) is -1.60. The largest absolute Gasteiger partial charge is 0.490 e. The fourth-order valence-corrected chi connectivity index (χ4v) is 2.37. The van der Waals surface area contributed by atoms with Gasteiger partial charge in [0, 0.05) is 24.9 Å². The average Bonchev–Trinajstić information content (AvgIpc) is 2.99.